The Morgan fingerprint density at radius 2 is 2.03 bits per heavy atom. The topological polar surface area (TPSA) is 76.4 Å². The van der Waals surface area contributed by atoms with Gasteiger partial charge in [0.25, 0.3) is 0 Å². The van der Waals surface area contributed by atoms with E-state index in [1.54, 1.807) is 28.5 Å². The first-order chi connectivity index (χ1) is 14.2. The molecule has 0 N–H and O–H groups in total. The molecular weight excluding hydrogens is 384 g/mol. The summed E-state index contributed by atoms with van der Waals surface area (Å²) in [6.45, 7) is 6.08. The van der Waals surface area contributed by atoms with E-state index in [4.69, 9.17) is 5.26 Å². The molecule has 1 amide bonds. The number of nitriles is 1. The second-order valence-electron chi connectivity index (χ2n) is 6.88. The van der Waals surface area contributed by atoms with E-state index >= 15 is 0 Å². The van der Waals surface area contributed by atoms with Gasteiger partial charge < -0.3 is 4.90 Å². The van der Waals surface area contributed by atoms with Gasteiger partial charge in [-0.15, -0.1) is 0 Å². The van der Waals surface area contributed by atoms with E-state index in [9.17, 15) is 4.79 Å². The van der Waals surface area contributed by atoms with Gasteiger partial charge in [-0.1, -0.05) is 23.5 Å². The number of carbonyl (C=O) groups excluding carboxylic acids is 1. The van der Waals surface area contributed by atoms with E-state index in [0.29, 0.717) is 18.7 Å². The summed E-state index contributed by atoms with van der Waals surface area (Å²) in [5, 5.41) is 9.83. The van der Waals surface area contributed by atoms with Crippen LogP contribution in [0.3, 0.4) is 0 Å². The first kappa shape index (κ1) is 19.3. The molecule has 1 aromatic carbocycles. The largest absolute Gasteiger partial charge is 0.354 e. The predicted molar refractivity (Wildman–Crippen MR) is 115 cm³/mol. The Morgan fingerprint density at radius 1 is 1.24 bits per heavy atom. The van der Waals surface area contributed by atoms with Crippen LogP contribution < -0.4 is 9.80 Å². The zero-order chi connectivity index (χ0) is 20.2. The highest BCUT2D eigenvalue weighted by Crippen LogP contribution is 2.28. The van der Waals surface area contributed by atoms with Crippen molar-refractivity contribution in [1.29, 1.82) is 5.26 Å². The maximum atomic E-state index is 12.9. The Morgan fingerprint density at radius 3 is 2.76 bits per heavy atom. The highest BCUT2D eigenvalue weighted by atomic mass is 32.1. The molecule has 1 saturated heterocycles. The third-order valence-electron chi connectivity index (χ3n) is 5.06. The Bertz CT molecular complexity index is 1020. The number of rotatable bonds is 5. The lowest BCUT2D eigenvalue weighted by Gasteiger charge is -2.35. The minimum atomic E-state index is 0.0737. The summed E-state index contributed by atoms with van der Waals surface area (Å²) >= 11 is 1.55. The summed E-state index contributed by atoms with van der Waals surface area (Å²) in [5.41, 5.74) is 1.54. The lowest BCUT2D eigenvalue weighted by atomic mass is 10.2. The highest BCUT2D eigenvalue weighted by molar-refractivity contribution is 7.22. The lowest BCUT2D eigenvalue weighted by Crippen LogP contribution is -2.50. The van der Waals surface area contributed by atoms with Gasteiger partial charge in [0.05, 0.1) is 28.4 Å². The van der Waals surface area contributed by atoms with Gasteiger partial charge in [0.15, 0.2) is 5.13 Å². The van der Waals surface area contributed by atoms with Gasteiger partial charge in [0.1, 0.15) is 5.82 Å². The van der Waals surface area contributed by atoms with Gasteiger partial charge in [-0.3, -0.25) is 14.6 Å². The number of fused-ring (bicyclic) bond motifs is 1. The molecule has 0 bridgehead atoms. The van der Waals surface area contributed by atoms with Crippen molar-refractivity contribution in [3.63, 3.8) is 0 Å². The summed E-state index contributed by atoms with van der Waals surface area (Å²) in [6.07, 6.45) is 1.67. The number of hydrogen-bond acceptors (Lipinski definition) is 7. The van der Waals surface area contributed by atoms with Crippen LogP contribution >= 0.6 is 11.3 Å². The van der Waals surface area contributed by atoms with E-state index in [0.717, 1.165) is 47.3 Å². The summed E-state index contributed by atoms with van der Waals surface area (Å²) < 4.78 is 1.09. The standard InChI is InChI=1S/C21H22N6OS/c1-2-27(21-24-17-5-3-4-6-18(17)29-21)20(28)15-25-9-11-26(12-10-25)19-13-16(14-22)7-8-23-19/h3-8,13H,2,9-12,15H2,1H3. The normalized spacial score (nSPS) is 14.7. The number of benzene rings is 1. The van der Waals surface area contributed by atoms with E-state index in [1.807, 2.05) is 37.3 Å². The summed E-state index contributed by atoms with van der Waals surface area (Å²) in [6, 6.07) is 13.6. The van der Waals surface area contributed by atoms with Crippen molar-refractivity contribution < 1.29 is 4.79 Å². The Hall–Kier alpha value is -3.02. The Kier molecular flexibility index (Phi) is 5.69. The smallest absolute Gasteiger partial charge is 0.242 e. The molecule has 1 aliphatic rings. The van der Waals surface area contributed by atoms with Crippen LogP contribution in [0, 0.1) is 11.3 Å². The molecule has 1 aliphatic heterocycles. The summed E-state index contributed by atoms with van der Waals surface area (Å²) in [7, 11) is 0. The molecule has 148 valence electrons. The molecule has 0 saturated carbocycles. The van der Waals surface area contributed by atoms with Gasteiger partial charge in [-0.2, -0.15) is 5.26 Å². The number of aromatic nitrogens is 2. The fourth-order valence-electron chi connectivity index (χ4n) is 3.47. The number of piperazine rings is 1. The van der Waals surface area contributed by atoms with Crippen molar-refractivity contribution in [2.75, 3.05) is 49.1 Å². The van der Waals surface area contributed by atoms with Crippen LogP contribution in [0.4, 0.5) is 10.9 Å². The van der Waals surface area contributed by atoms with Crippen molar-refractivity contribution in [1.82, 2.24) is 14.9 Å². The summed E-state index contributed by atoms with van der Waals surface area (Å²) in [4.78, 5) is 28.0. The number of likely N-dealkylation sites (N-methyl/N-ethyl adjacent to an activating group) is 1. The molecular formula is C21H22N6OS. The number of nitrogens with zero attached hydrogens (tertiary/aromatic N) is 6. The second-order valence-corrected chi connectivity index (χ2v) is 7.89. The molecule has 2 aromatic heterocycles. The average Bonchev–Trinajstić information content (AvgIpc) is 3.18. The van der Waals surface area contributed by atoms with Crippen LogP contribution in [0.2, 0.25) is 0 Å². The molecule has 3 heterocycles. The Labute approximate surface area is 173 Å². The minimum Gasteiger partial charge on any atom is -0.354 e. The third-order valence-corrected chi connectivity index (χ3v) is 6.12. The number of amides is 1. The van der Waals surface area contributed by atoms with Crippen LogP contribution in [-0.2, 0) is 4.79 Å². The molecule has 3 aromatic rings. The zero-order valence-corrected chi connectivity index (χ0v) is 17.1. The molecule has 29 heavy (non-hydrogen) atoms. The van der Waals surface area contributed by atoms with Crippen molar-refractivity contribution in [2.45, 2.75) is 6.92 Å². The molecule has 0 aliphatic carbocycles. The van der Waals surface area contributed by atoms with Crippen molar-refractivity contribution in [2.24, 2.45) is 0 Å². The molecule has 0 spiro atoms. The molecule has 0 radical (unpaired) electrons. The number of anilines is 2. The maximum absolute atomic E-state index is 12.9. The van der Waals surface area contributed by atoms with Gasteiger partial charge >= 0.3 is 0 Å². The van der Waals surface area contributed by atoms with Crippen LogP contribution in [0.1, 0.15) is 12.5 Å². The molecule has 0 atom stereocenters. The van der Waals surface area contributed by atoms with Crippen LogP contribution in [0.15, 0.2) is 42.6 Å². The molecule has 8 heteroatoms. The monoisotopic (exact) mass is 406 g/mol. The molecule has 7 nitrogen and oxygen atoms in total. The first-order valence-electron chi connectivity index (χ1n) is 9.67. The summed E-state index contributed by atoms with van der Waals surface area (Å²) in [5.74, 6) is 0.893. The highest BCUT2D eigenvalue weighted by Gasteiger charge is 2.24. The van der Waals surface area contributed by atoms with E-state index < -0.39 is 0 Å². The van der Waals surface area contributed by atoms with Gasteiger partial charge in [0.2, 0.25) is 5.91 Å². The predicted octanol–water partition coefficient (Wildman–Crippen LogP) is 2.74. The number of hydrogen-bond donors (Lipinski definition) is 0. The first-order valence-corrected chi connectivity index (χ1v) is 10.5. The number of para-hydroxylation sites is 1. The minimum absolute atomic E-state index is 0.0737. The number of pyridine rings is 1. The fraction of sp³-hybridized carbons (Fsp3) is 0.333. The Balaban J connectivity index is 1.38. The quantitative estimate of drug-likeness (QED) is 0.648. The van der Waals surface area contributed by atoms with Crippen molar-refractivity contribution in [3.8, 4) is 6.07 Å². The van der Waals surface area contributed by atoms with Crippen molar-refractivity contribution >= 4 is 38.4 Å². The van der Waals surface area contributed by atoms with E-state index in [2.05, 4.69) is 25.8 Å². The second kappa shape index (κ2) is 8.55. The SMILES string of the molecule is CCN(C(=O)CN1CCN(c2cc(C#N)ccn2)CC1)c1nc2ccccc2s1. The number of thiazole rings is 1. The van der Waals surface area contributed by atoms with Gasteiger partial charge in [0, 0.05) is 38.9 Å². The maximum Gasteiger partial charge on any atom is 0.242 e. The number of carbonyl (C=O) groups is 1. The fourth-order valence-corrected chi connectivity index (χ4v) is 4.51. The zero-order valence-electron chi connectivity index (χ0n) is 16.3. The average molecular weight is 407 g/mol. The van der Waals surface area contributed by atoms with Gasteiger partial charge in [-0.25, -0.2) is 9.97 Å². The van der Waals surface area contributed by atoms with Crippen molar-refractivity contribution in [3.05, 3.63) is 48.2 Å². The van der Waals surface area contributed by atoms with E-state index in [1.165, 1.54) is 0 Å². The lowest BCUT2D eigenvalue weighted by molar-refractivity contribution is -0.119. The van der Waals surface area contributed by atoms with Crippen LogP contribution in [0.25, 0.3) is 10.2 Å². The molecule has 0 unspecified atom stereocenters. The molecule has 1 fully saturated rings. The van der Waals surface area contributed by atoms with Crippen LogP contribution in [0.5, 0.6) is 0 Å². The third kappa shape index (κ3) is 4.21. The van der Waals surface area contributed by atoms with Gasteiger partial charge in [-0.05, 0) is 31.2 Å². The molecule has 4 rings (SSSR count). The van der Waals surface area contributed by atoms with Crippen LogP contribution in [-0.4, -0.2) is 60.0 Å². The van der Waals surface area contributed by atoms with E-state index in [-0.39, 0.29) is 5.91 Å².